The number of amides is 1. The van der Waals surface area contributed by atoms with Crippen LogP contribution in [0, 0.1) is 5.82 Å². The summed E-state index contributed by atoms with van der Waals surface area (Å²) < 4.78 is 13.7. The van der Waals surface area contributed by atoms with Gasteiger partial charge in [0.15, 0.2) is 0 Å². The zero-order chi connectivity index (χ0) is 13.8. The number of pyridine rings is 1. The summed E-state index contributed by atoms with van der Waals surface area (Å²) in [6.45, 7) is 0.470. The molecule has 1 aromatic heterocycles. The Bertz CT molecular complexity index is 586. The standard InChI is InChI=1S/C14H12BrFN2O/c1-18(9-10-3-2-4-11(15)7-10)14(19)13-6-5-12(16)8-17-13/h2-8H,9H2,1H3. The van der Waals surface area contributed by atoms with Gasteiger partial charge in [0.2, 0.25) is 0 Å². The molecule has 5 heteroatoms. The van der Waals surface area contributed by atoms with Crippen molar-refractivity contribution in [2.45, 2.75) is 6.54 Å². The number of carbonyl (C=O) groups is 1. The zero-order valence-electron chi connectivity index (χ0n) is 10.3. The van der Waals surface area contributed by atoms with Gasteiger partial charge in [0.05, 0.1) is 6.20 Å². The van der Waals surface area contributed by atoms with Gasteiger partial charge in [-0.05, 0) is 29.8 Å². The Balaban J connectivity index is 2.09. The van der Waals surface area contributed by atoms with Crippen molar-refractivity contribution in [3.8, 4) is 0 Å². The van der Waals surface area contributed by atoms with E-state index in [1.165, 1.54) is 12.1 Å². The average Bonchev–Trinajstić information content (AvgIpc) is 2.39. The van der Waals surface area contributed by atoms with E-state index in [2.05, 4.69) is 20.9 Å². The molecule has 1 amide bonds. The van der Waals surface area contributed by atoms with Crippen molar-refractivity contribution in [2.24, 2.45) is 0 Å². The highest BCUT2D eigenvalue weighted by atomic mass is 79.9. The summed E-state index contributed by atoms with van der Waals surface area (Å²) in [5, 5.41) is 0. The van der Waals surface area contributed by atoms with Gasteiger partial charge >= 0.3 is 0 Å². The van der Waals surface area contributed by atoms with Crippen molar-refractivity contribution >= 4 is 21.8 Å². The summed E-state index contributed by atoms with van der Waals surface area (Å²) >= 11 is 3.38. The molecule has 0 N–H and O–H groups in total. The molecule has 1 aromatic carbocycles. The van der Waals surface area contributed by atoms with Crippen LogP contribution in [-0.2, 0) is 6.54 Å². The van der Waals surface area contributed by atoms with Crippen LogP contribution in [-0.4, -0.2) is 22.8 Å². The molecule has 0 bridgehead atoms. The minimum absolute atomic E-state index is 0.235. The van der Waals surface area contributed by atoms with Crippen molar-refractivity contribution in [2.75, 3.05) is 7.05 Å². The summed E-state index contributed by atoms with van der Waals surface area (Å²) in [5.41, 5.74) is 1.24. The first-order valence-corrected chi connectivity index (χ1v) is 6.47. The molecule has 0 saturated heterocycles. The van der Waals surface area contributed by atoms with Gasteiger partial charge in [0.1, 0.15) is 11.5 Å². The highest BCUT2D eigenvalue weighted by Gasteiger charge is 2.13. The third kappa shape index (κ3) is 3.61. The van der Waals surface area contributed by atoms with Crippen LogP contribution in [0.5, 0.6) is 0 Å². The minimum atomic E-state index is -0.453. The number of hydrogen-bond acceptors (Lipinski definition) is 2. The fourth-order valence-corrected chi connectivity index (χ4v) is 2.13. The quantitative estimate of drug-likeness (QED) is 0.869. The third-order valence-corrected chi connectivity index (χ3v) is 3.10. The Morgan fingerprint density at radius 2 is 2.16 bits per heavy atom. The van der Waals surface area contributed by atoms with Crippen molar-refractivity contribution in [1.29, 1.82) is 0 Å². The van der Waals surface area contributed by atoms with Gasteiger partial charge in [0.25, 0.3) is 5.91 Å². The van der Waals surface area contributed by atoms with Crippen LogP contribution in [0.2, 0.25) is 0 Å². The summed E-state index contributed by atoms with van der Waals surface area (Å²) in [4.78, 5) is 17.4. The largest absolute Gasteiger partial charge is 0.336 e. The molecule has 1 heterocycles. The summed E-state index contributed by atoms with van der Waals surface area (Å²) in [6, 6.07) is 10.3. The summed E-state index contributed by atoms with van der Waals surface area (Å²) in [6.07, 6.45) is 1.04. The average molecular weight is 323 g/mol. The molecule has 2 rings (SSSR count). The van der Waals surface area contributed by atoms with E-state index >= 15 is 0 Å². The molecule has 0 fully saturated rings. The van der Waals surface area contributed by atoms with Crippen LogP contribution in [0.4, 0.5) is 4.39 Å². The predicted molar refractivity (Wildman–Crippen MR) is 74.1 cm³/mol. The van der Waals surface area contributed by atoms with Gasteiger partial charge in [-0.25, -0.2) is 9.37 Å². The van der Waals surface area contributed by atoms with E-state index in [9.17, 15) is 9.18 Å². The highest BCUT2D eigenvalue weighted by molar-refractivity contribution is 9.10. The molecule has 0 radical (unpaired) electrons. The van der Waals surface area contributed by atoms with Gasteiger partial charge in [-0.2, -0.15) is 0 Å². The molecule has 0 saturated carbocycles. The van der Waals surface area contributed by atoms with E-state index in [0.717, 1.165) is 16.2 Å². The summed E-state index contributed by atoms with van der Waals surface area (Å²) in [7, 11) is 1.69. The molecule has 19 heavy (non-hydrogen) atoms. The number of nitrogens with zero attached hydrogens (tertiary/aromatic N) is 2. The molecule has 0 unspecified atom stereocenters. The maximum atomic E-state index is 12.7. The Labute approximate surface area is 119 Å². The van der Waals surface area contributed by atoms with E-state index in [-0.39, 0.29) is 11.6 Å². The summed E-state index contributed by atoms with van der Waals surface area (Å²) in [5.74, 6) is -0.689. The second-order valence-electron chi connectivity index (χ2n) is 4.15. The maximum Gasteiger partial charge on any atom is 0.272 e. The molecule has 0 aliphatic heterocycles. The van der Waals surface area contributed by atoms with Crippen LogP contribution in [0.1, 0.15) is 16.1 Å². The first kappa shape index (κ1) is 13.7. The SMILES string of the molecule is CN(Cc1cccc(Br)c1)C(=O)c1ccc(F)cn1. The zero-order valence-corrected chi connectivity index (χ0v) is 11.9. The molecule has 0 aliphatic carbocycles. The lowest BCUT2D eigenvalue weighted by Crippen LogP contribution is -2.27. The smallest absolute Gasteiger partial charge is 0.272 e. The topological polar surface area (TPSA) is 33.2 Å². The number of benzene rings is 1. The first-order valence-electron chi connectivity index (χ1n) is 5.68. The molecule has 98 valence electrons. The van der Waals surface area contributed by atoms with E-state index < -0.39 is 5.82 Å². The van der Waals surface area contributed by atoms with Crippen LogP contribution >= 0.6 is 15.9 Å². The lowest BCUT2D eigenvalue weighted by atomic mass is 10.2. The van der Waals surface area contributed by atoms with Gasteiger partial charge in [-0.1, -0.05) is 28.1 Å². The Kier molecular flexibility index (Phi) is 4.27. The Hall–Kier alpha value is -1.75. The number of hydrogen-bond donors (Lipinski definition) is 0. The van der Waals surface area contributed by atoms with Crippen LogP contribution < -0.4 is 0 Å². The van der Waals surface area contributed by atoms with Crippen molar-refractivity contribution in [3.05, 3.63) is 64.1 Å². The number of carbonyl (C=O) groups excluding carboxylic acids is 1. The first-order chi connectivity index (χ1) is 9.06. The van der Waals surface area contributed by atoms with Gasteiger partial charge in [0, 0.05) is 18.1 Å². The third-order valence-electron chi connectivity index (χ3n) is 2.60. The highest BCUT2D eigenvalue weighted by Crippen LogP contribution is 2.13. The van der Waals surface area contributed by atoms with Crippen molar-refractivity contribution in [1.82, 2.24) is 9.88 Å². The van der Waals surface area contributed by atoms with Crippen molar-refractivity contribution < 1.29 is 9.18 Å². The number of aromatic nitrogens is 1. The maximum absolute atomic E-state index is 12.7. The lowest BCUT2D eigenvalue weighted by molar-refractivity contribution is 0.0779. The van der Waals surface area contributed by atoms with Gasteiger partial charge < -0.3 is 4.90 Å². The molecule has 3 nitrogen and oxygen atoms in total. The second kappa shape index (κ2) is 5.93. The Morgan fingerprint density at radius 1 is 1.37 bits per heavy atom. The van der Waals surface area contributed by atoms with Gasteiger partial charge in [-0.15, -0.1) is 0 Å². The number of halogens is 2. The van der Waals surface area contributed by atoms with E-state index in [1.807, 2.05) is 24.3 Å². The van der Waals surface area contributed by atoms with Gasteiger partial charge in [-0.3, -0.25) is 4.79 Å². The fourth-order valence-electron chi connectivity index (χ4n) is 1.68. The van der Waals surface area contributed by atoms with Crippen LogP contribution in [0.25, 0.3) is 0 Å². The monoisotopic (exact) mass is 322 g/mol. The van der Waals surface area contributed by atoms with Crippen molar-refractivity contribution in [3.63, 3.8) is 0 Å². The minimum Gasteiger partial charge on any atom is -0.336 e. The van der Waals surface area contributed by atoms with Crippen LogP contribution in [0.15, 0.2) is 47.1 Å². The Morgan fingerprint density at radius 3 is 2.79 bits per heavy atom. The van der Waals surface area contributed by atoms with E-state index in [4.69, 9.17) is 0 Å². The van der Waals surface area contributed by atoms with E-state index in [1.54, 1.807) is 11.9 Å². The molecule has 0 aliphatic rings. The predicted octanol–water partition coefficient (Wildman–Crippen LogP) is 3.26. The molecule has 0 spiro atoms. The normalized spacial score (nSPS) is 10.3. The molecule has 2 aromatic rings. The molecular weight excluding hydrogens is 311 g/mol. The fraction of sp³-hybridized carbons (Fsp3) is 0.143. The second-order valence-corrected chi connectivity index (χ2v) is 5.07. The molecular formula is C14H12BrFN2O. The lowest BCUT2D eigenvalue weighted by Gasteiger charge is -2.16. The van der Waals surface area contributed by atoms with E-state index in [0.29, 0.717) is 6.54 Å². The van der Waals surface area contributed by atoms with Crippen LogP contribution in [0.3, 0.4) is 0 Å². The molecule has 0 atom stereocenters. The number of rotatable bonds is 3.